The van der Waals surface area contributed by atoms with E-state index in [9.17, 15) is 4.79 Å². The number of hydrogen-bond acceptors (Lipinski definition) is 4. The van der Waals surface area contributed by atoms with Gasteiger partial charge in [-0.15, -0.1) is 0 Å². The smallest absolute Gasteiger partial charge is 0.274 e. The molecule has 1 aromatic heterocycles. The molecule has 0 aliphatic heterocycles. The maximum atomic E-state index is 12.2. The minimum Gasteiger partial charge on any atom is -0.382 e. The first kappa shape index (κ1) is 14.0. The van der Waals surface area contributed by atoms with Gasteiger partial charge in [0.25, 0.3) is 5.91 Å². The third kappa shape index (κ3) is 2.77. The second-order valence-corrected chi connectivity index (χ2v) is 4.77. The Morgan fingerprint density at radius 2 is 1.95 bits per heavy atom. The zero-order valence-electron chi connectivity index (χ0n) is 11.8. The van der Waals surface area contributed by atoms with Crippen molar-refractivity contribution in [2.75, 3.05) is 5.73 Å². The monoisotopic (exact) mass is 270 g/mol. The van der Waals surface area contributed by atoms with Crippen molar-refractivity contribution in [2.24, 2.45) is 0 Å². The number of carbonyl (C=O) groups excluding carboxylic acids is 1. The van der Waals surface area contributed by atoms with Crippen molar-refractivity contribution in [2.45, 2.75) is 26.8 Å². The van der Waals surface area contributed by atoms with Gasteiger partial charge >= 0.3 is 0 Å². The zero-order valence-corrected chi connectivity index (χ0v) is 11.8. The lowest BCUT2D eigenvalue weighted by Gasteiger charge is -2.17. The predicted molar refractivity (Wildman–Crippen MR) is 78.2 cm³/mol. The van der Waals surface area contributed by atoms with Gasteiger partial charge in [-0.25, -0.2) is 9.97 Å². The first-order valence-corrected chi connectivity index (χ1v) is 6.44. The molecule has 5 heteroatoms. The molecule has 2 rings (SSSR count). The predicted octanol–water partition coefficient (Wildman–Crippen LogP) is 2.17. The summed E-state index contributed by atoms with van der Waals surface area (Å²) in [6, 6.07) is 5.92. The minimum absolute atomic E-state index is 0.121. The summed E-state index contributed by atoms with van der Waals surface area (Å²) in [6.45, 7) is 6.03. The van der Waals surface area contributed by atoms with E-state index in [0.717, 1.165) is 5.56 Å². The van der Waals surface area contributed by atoms with Crippen LogP contribution in [0.15, 0.2) is 30.6 Å². The lowest BCUT2D eigenvalue weighted by molar-refractivity contribution is 0.0935. The molecular weight excluding hydrogens is 252 g/mol. The van der Waals surface area contributed by atoms with E-state index >= 15 is 0 Å². The minimum atomic E-state index is -0.316. The molecule has 0 radical (unpaired) electrons. The van der Waals surface area contributed by atoms with Crippen molar-refractivity contribution in [3.05, 3.63) is 53.0 Å². The number of anilines is 1. The van der Waals surface area contributed by atoms with E-state index in [2.05, 4.69) is 15.3 Å². The van der Waals surface area contributed by atoms with Gasteiger partial charge in [0, 0.05) is 12.4 Å². The van der Waals surface area contributed by atoms with Gasteiger partial charge in [-0.05, 0) is 37.5 Å². The maximum Gasteiger partial charge on any atom is 0.274 e. The second-order valence-electron chi connectivity index (χ2n) is 4.77. The molecule has 1 amide bonds. The van der Waals surface area contributed by atoms with Crippen molar-refractivity contribution in [1.82, 2.24) is 15.3 Å². The van der Waals surface area contributed by atoms with Crippen molar-refractivity contribution in [3.63, 3.8) is 0 Å². The molecule has 3 N–H and O–H groups in total. The number of rotatable bonds is 3. The van der Waals surface area contributed by atoms with Crippen LogP contribution in [0.5, 0.6) is 0 Å². The van der Waals surface area contributed by atoms with Gasteiger partial charge in [-0.2, -0.15) is 0 Å². The Bertz CT molecular complexity index is 640. The van der Waals surface area contributed by atoms with Gasteiger partial charge in [0.1, 0.15) is 0 Å². The largest absolute Gasteiger partial charge is 0.382 e. The van der Waals surface area contributed by atoms with Crippen LogP contribution in [0, 0.1) is 13.8 Å². The van der Waals surface area contributed by atoms with Crippen LogP contribution in [0.1, 0.15) is 40.1 Å². The molecule has 0 aliphatic carbocycles. The number of carbonyl (C=O) groups is 1. The maximum absolute atomic E-state index is 12.2. The van der Waals surface area contributed by atoms with Gasteiger partial charge in [-0.3, -0.25) is 4.79 Å². The van der Waals surface area contributed by atoms with Crippen LogP contribution in [0.25, 0.3) is 0 Å². The molecule has 5 nitrogen and oxygen atoms in total. The number of hydrogen-bond donors (Lipinski definition) is 2. The van der Waals surface area contributed by atoms with Gasteiger partial charge in [0.15, 0.2) is 11.5 Å². The normalized spacial score (nSPS) is 11.9. The first-order valence-electron chi connectivity index (χ1n) is 6.44. The Labute approximate surface area is 118 Å². The number of nitrogen functional groups attached to an aromatic ring is 1. The van der Waals surface area contributed by atoms with Crippen LogP contribution in [-0.2, 0) is 0 Å². The summed E-state index contributed by atoms with van der Waals surface area (Å²) in [4.78, 5) is 20.0. The number of aromatic nitrogens is 2. The Kier molecular flexibility index (Phi) is 3.98. The van der Waals surface area contributed by atoms with E-state index in [0.29, 0.717) is 0 Å². The van der Waals surface area contributed by atoms with E-state index in [4.69, 9.17) is 5.73 Å². The molecule has 1 aromatic carbocycles. The summed E-state index contributed by atoms with van der Waals surface area (Å²) in [7, 11) is 0. The molecule has 1 atom stereocenters. The molecule has 20 heavy (non-hydrogen) atoms. The fraction of sp³-hybridized carbons (Fsp3) is 0.267. The summed E-state index contributed by atoms with van der Waals surface area (Å²) in [5.74, 6) is -0.179. The van der Waals surface area contributed by atoms with Crippen LogP contribution < -0.4 is 11.1 Å². The highest BCUT2D eigenvalue weighted by atomic mass is 16.2. The number of nitrogens with one attached hydrogen (secondary N) is 1. The number of amides is 1. The quantitative estimate of drug-likeness (QED) is 0.895. The number of aryl methyl sites for hydroxylation is 1. The van der Waals surface area contributed by atoms with Gasteiger partial charge in [0.05, 0.1) is 6.04 Å². The van der Waals surface area contributed by atoms with E-state index in [1.165, 1.54) is 23.5 Å². The molecule has 0 fully saturated rings. The summed E-state index contributed by atoms with van der Waals surface area (Å²) < 4.78 is 0. The van der Waals surface area contributed by atoms with Crippen LogP contribution in [0.3, 0.4) is 0 Å². The highest BCUT2D eigenvalue weighted by Gasteiger charge is 2.17. The lowest BCUT2D eigenvalue weighted by atomic mass is 9.98. The van der Waals surface area contributed by atoms with Crippen LogP contribution in [0.4, 0.5) is 5.82 Å². The Morgan fingerprint density at radius 1 is 1.25 bits per heavy atom. The molecule has 1 unspecified atom stereocenters. The highest BCUT2D eigenvalue weighted by molar-refractivity contribution is 5.96. The van der Waals surface area contributed by atoms with Crippen molar-refractivity contribution < 1.29 is 4.79 Å². The zero-order chi connectivity index (χ0) is 14.7. The lowest BCUT2D eigenvalue weighted by Crippen LogP contribution is -2.29. The third-order valence-corrected chi connectivity index (χ3v) is 3.40. The van der Waals surface area contributed by atoms with E-state index in [-0.39, 0.29) is 23.5 Å². The van der Waals surface area contributed by atoms with Crippen molar-refractivity contribution >= 4 is 11.7 Å². The van der Waals surface area contributed by atoms with Crippen LogP contribution in [0.2, 0.25) is 0 Å². The summed E-state index contributed by atoms with van der Waals surface area (Å²) in [5, 5.41) is 2.90. The molecule has 0 bridgehead atoms. The standard InChI is InChI=1S/C15H18N4O/c1-9-5-4-6-12(10(9)2)11(3)19-15(20)13-14(16)18-8-7-17-13/h4-8,11H,1-3H3,(H2,16,18)(H,19,20). The topological polar surface area (TPSA) is 80.9 Å². The Hall–Kier alpha value is -2.43. The van der Waals surface area contributed by atoms with Crippen molar-refractivity contribution in [3.8, 4) is 0 Å². The summed E-state index contributed by atoms with van der Waals surface area (Å²) in [6.07, 6.45) is 2.91. The molecule has 2 aromatic rings. The molecule has 104 valence electrons. The van der Waals surface area contributed by atoms with Gasteiger partial charge < -0.3 is 11.1 Å². The third-order valence-electron chi connectivity index (χ3n) is 3.40. The molecule has 0 saturated heterocycles. The highest BCUT2D eigenvalue weighted by Crippen LogP contribution is 2.20. The Balaban J connectivity index is 2.20. The molecule has 0 spiro atoms. The van der Waals surface area contributed by atoms with Crippen LogP contribution >= 0.6 is 0 Å². The molecule has 0 saturated carbocycles. The fourth-order valence-electron chi connectivity index (χ4n) is 2.11. The molecule has 1 heterocycles. The average molecular weight is 270 g/mol. The van der Waals surface area contributed by atoms with E-state index in [1.54, 1.807) is 0 Å². The van der Waals surface area contributed by atoms with E-state index in [1.807, 2.05) is 39.0 Å². The average Bonchev–Trinajstić information content (AvgIpc) is 2.42. The molecular formula is C15H18N4O. The summed E-state index contributed by atoms with van der Waals surface area (Å²) in [5.41, 5.74) is 9.27. The number of nitrogens with two attached hydrogens (primary N) is 1. The van der Waals surface area contributed by atoms with E-state index < -0.39 is 0 Å². The Morgan fingerprint density at radius 3 is 2.65 bits per heavy atom. The summed E-state index contributed by atoms with van der Waals surface area (Å²) >= 11 is 0. The van der Waals surface area contributed by atoms with Gasteiger partial charge in [-0.1, -0.05) is 18.2 Å². The van der Waals surface area contributed by atoms with Crippen LogP contribution in [-0.4, -0.2) is 15.9 Å². The van der Waals surface area contributed by atoms with Gasteiger partial charge in [0.2, 0.25) is 0 Å². The van der Waals surface area contributed by atoms with Crippen molar-refractivity contribution in [1.29, 1.82) is 0 Å². The first-order chi connectivity index (χ1) is 9.50. The number of benzene rings is 1. The molecule has 0 aliphatic rings. The number of nitrogens with zero attached hydrogens (tertiary/aromatic N) is 2. The SMILES string of the molecule is Cc1cccc(C(C)NC(=O)c2nccnc2N)c1C. The fourth-order valence-corrected chi connectivity index (χ4v) is 2.11. The second kappa shape index (κ2) is 5.69.